The standard InChI is InChI=1S/C8H12N4O2S/c1-12(6-3-9-4-7(6)13)8(14)5-2-10-15-11-5/h2,6-7,9,13H,3-4H2,1H3/t6-,7-/m1/s1. The third-order valence-electron chi connectivity index (χ3n) is 2.55. The summed E-state index contributed by atoms with van der Waals surface area (Å²) in [6.45, 7) is 1.14. The van der Waals surface area contributed by atoms with Gasteiger partial charge in [0.1, 0.15) is 0 Å². The molecule has 1 aromatic heterocycles. The van der Waals surface area contributed by atoms with Gasteiger partial charge in [0, 0.05) is 20.1 Å². The number of amides is 1. The van der Waals surface area contributed by atoms with Crippen molar-refractivity contribution in [3.05, 3.63) is 11.9 Å². The Kier molecular flexibility index (Phi) is 2.94. The number of aromatic nitrogens is 2. The Morgan fingerprint density at radius 2 is 2.53 bits per heavy atom. The van der Waals surface area contributed by atoms with Crippen molar-refractivity contribution in [3.63, 3.8) is 0 Å². The molecule has 0 bridgehead atoms. The van der Waals surface area contributed by atoms with Gasteiger partial charge in [-0.05, 0) is 0 Å². The van der Waals surface area contributed by atoms with E-state index in [2.05, 4.69) is 14.1 Å². The molecule has 1 fully saturated rings. The lowest BCUT2D eigenvalue weighted by Crippen LogP contribution is -2.44. The van der Waals surface area contributed by atoms with Crippen LogP contribution in [0.5, 0.6) is 0 Å². The highest BCUT2D eigenvalue weighted by Gasteiger charge is 2.32. The molecule has 0 unspecified atom stereocenters. The van der Waals surface area contributed by atoms with Gasteiger partial charge in [-0.15, -0.1) is 0 Å². The van der Waals surface area contributed by atoms with Crippen LogP contribution in [0.15, 0.2) is 6.20 Å². The zero-order valence-corrected chi connectivity index (χ0v) is 9.07. The Balaban J connectivity index is 2.07. The quantitative estimate of drug-likeness (QED) is 0.675. The van der Waals surface area contributed by atoms with Crippen molar-refractivity contribution in [3.8, 4) is 0 Å². The zero-order chi connectivity index (χ0) is 10.8. The molecule has 1 saturated heterocycles. The number of carbonyl (C=O) groups excluding carboxylic acids is 1. The number of hydrogen-bond donors (Lipinski definition) is 2. The highest BCUT2D eigenvalue weighted by Crippen LogP contribution is 2.10. The largest absolute Gasteiger partial charge is 0.390 e. The number of rotatable bonds is 2. The molecule has 1 aliphatic rings. The number of likely N-dealkylation sites (N-methyl/N-ethyl adjacent to an activating group) is 1. The van der Waals surface area contributed by atoms with Crippen LogP contribution < -0.4 is 5.32 Å². The third-order valence-corrected chi connectivity index (χ3v) is 3.03. The molecule has 7 heteroatoms. The summed E-state index contributed by atoms with van der Waals surface area (Å²) in [5, 5.41) is 12.6. The van der Waals surface area contributed by atoms with E-state index in [-0.39, 0.29) is 11.9 Å². The van der Waals surface area contributed by atoms with Crippen LogP contribution in [-0.4, -0.2) is 56.9 Å². The summed E-state index contributed by atoms with van der Waals surface area (Å²) in [7, 11) is 1.67. The van der Waals surface area contributed by atoms with Crippen molar-refractivity contribution in [1.82, 2.24) is 19.0 Å². The molecule has 0 aliphatic carbocycles. The van der Waals surface area contributed by atoms with Gasteiger partial charge in [0.05, 0.1) is 30.1 Å². The van der Waals surface area contributed by atoms with Gasteiger partial charge in [-0.1, -0.05) is 0 Å². The number of nitrogens with one attached hydrogen (secondary N) is 1. The fourth-order valence-electron chi connectivity index (χ4n) is 1.64. The van der Waals surface area contributed by atoms with E-state index in [1.54, 1.807) is 7.05 Å². The summed E-state index contributed by atoms with van der Waals surface area (Å²) in [6, 6.07) is -0.181. The van der Waals surface area contributed by atoms with Crippen LogP contribution in [0.25, 0.3) is 0 Å². The topological polar surface area (TPSA) is 78.4 Å². The van der Waals surface area contributed by atoms with Crippen LogP contribution in [0.1, 0.15) is 10.5 Å². The van der Waals surface area contributed by atoms with Crippen molar-refractivity contribution in [2.45, 2.75) is 12.1 Å². The van der Waals surface area contributed by atoms with E-state index in [9.17, 15) is 9.90 Å². The van der Waals surface area contributed by atoms with Gasteiger partial charge in [0.15, 0.2) is 5.69 Å². The molecule has 0 saturated carbocycles. The van der Waals surface area contributed by atoms with Gasteiger partial charge in [-0.25, -0.2) is 0 Å². The van der Waals surface area contributed by atoms with Gasteiger partial charge in [-0.3, -0.25) is 4.79 Å². The normalized spacial score (nSPS) is 25.5. The van der Waals surface area contributed by atoms with E-state index in [0.29, 0.717) is 18.8 Å². The molecule has 0 spiro atoms. The van der Waals surface area contributed by atoms with Crippen LogP contribution in [0.3, 0.4) is 0 Å². The van der Waals surface area contributed by atoms with Gasteiger partial charge in [0.2, 0.25) is 0 Å². The Labute approximate surface area is 91.2 Å². The molecule has 2 N–H and O–H groups in total. The summed E-state index contributed by atoms with van der Waals surface area (Å²) >= 11 is 1.00. The van der Waals surface area contributed by atoms with E-state index in [4.69, 9.17) is 0 Å². The predicted octanol–water partition coefficient (Wildman–Crippen LogP) is -1.06. The molecule has 0 radical (unpaired) electrons. The number of β-amino-alcohol motifs (C(OH)–C–C–N with tert-alkyl or cyclic N) is 1. The second-order valence-corrected chi connectivity index (χ2v) is 4.06. The van der Waals surface area contributed by atoms with E-state index >= 15 is 0 Å². The second kappa shape index (κ2) is 4.21. The van der Waals surface area contributed by atoms with Crippen LogP contribution in [0, 0.1) is 0 Å². The molecule has 2 heterocycles. The summed E-state index contributed by atoms with van der Waals surface area (Å²) in [4.78, 5) is 13.3. The second-order valence-electron chi connectivity index (χ2n) is 3.50. The molecular formula is C8H12N4O2S. The first-order valence-electron chi connectivity index (χ1n) is 4.63. The summed E-state index contributed by atoms with van der Waals surface area (Å²) in [6.07, 6.45) is 0.934. The first-order chi connectivity index (χ1) is 7.20. The highest BCUT2D eigenvalue weighted by atomic mass is 32.1. The lowest BCUT2D eigenvalue weighted by Gasteiger charge is -2.25. The minimum absolute atomic E-state index is 0.181. The molecule has 1 aliphatic heterocycles. The fourth-order valence-corrected chi connectivity index (χ4v) is 2.04. The molecule has 6 nitrogen and oxygen atoms in total. The van der Waals surface area contributed by atoms with Crippen molar-refractivity contribution < 1.29 is 9.90 Å². The molecule has 2 rings (SSSR count). The maximum Gasteiger partial charge on any atom is 0.275 e. The fraction of sp³-hybridized carbons (Fsp3) is 0.625. The monoisotopic (exact) mass is 228 g/mol. The number of hydrogen-bond acceptors (Lipinski definition) is 6. The molecule has 82 valence electrons. The van der Waals surface area contributed by atoms with Gasteiger partial charge >= 0.3 is 0 Å². The van der Waals surface area contributed by atoms with Gasteiger partial charge in [-0.2, -0.15) is 8.75 Å². The Bertz CT molecular complexity index is 342. The van der Waals surface area contributed by atoms with E-state index in [0.717, 1.165) is 11.7 Å². The summed E-state index contributed by atoms with van der Waals surface area (Å²) < 4.78 is 7.65. The maximum atomic E-state index is 11.8. The first-order valence-corrected chi connectivity index (χ1v) is 5.36. The van der Waals surface area contributed by atoms with Crippen molar-refractivity contribution in [2.24, 2.45) is 0 Å². The predicted molar refractivity (Wildman–Crippen MR) is 54.7 cm³/mol. The highest BCUT2D eigenvalue weighted by molar-refractivity contribution is 6.99. The number of aliphatic hydroxyl groups is 1. The van der Waals surface area contributed by atoms with Crippen molar-refractivity contribution in [2.75, 3.05) is 20.1 Å². The molecule has 2 atom stereocenters. The van der Waals surface area contributed by atoms with E-state index in [1.165, 1.54) is 11.1 Å². The smallest absolute Gasteiger partial charge is 0.275 e. The Morgan fingerprint density at radius 1 is 1.73 bits per heavy atom. The van der Waals surface area contributed by atoms with Crippen LogP contribution in [-0.2, 0) is 0 Å². The van der Waals surface area contributed by atoms with E-state index in [1.807, 2.05) is 0 Å². The van der Waals surface area contributed by atoms with Crippen LogP contribution in [0.4, 0.5) is 0 Å². The van der Waals surface area contributed by atoms with Crippen LogP contribution in [0.2, 0.25) is 0 Å². The van der Waals surface area contributed by atoms with Crippen molar-refractivity contribution >= 4 is 17.6 Å². The maximum absolute atomic E-state index is 11.8. The summed E-state index contributed by atoms with van der Waals surface area (Å²) in [5.41, 5.74) is 0.335. The Morgan fingerprint density at radius 3 is 3.07 bits per heavy atom. The van der Waals surface area contributed by atoms with E-state index < -0.39 is 6.10 Å². The first kappa shape index (κ1) is 10.5. The van der Waals surface area contributed by atoms with Crippen LogP contribution >= 0.6 is 11.7 Å². The van der Waals surface area contributed by atoms with Crippen molar-refractivity contribution in [1.29, 1.82) is 0 Å². The van der Waals surface area contributed by atoms with Gasteiger partial charge in [0.25, 0.3) is 5.91 Å². The average molecular weight is 228 g/mol. The minimum Gasteiger partial charge on any atom is -0.390 e. The minimum atomic E-state index is -0.509. The number of nitrogens with zero attached hydrogens (tertiary/aromatic N) is 3. The molecule has 1 amide bonds. The van der Waals surface area contributed by atoms with Gasteiger partial charge < -0.3 is 15.3 Å². The lowest BCUT2D eigenvalue weighted by atomic mass is 10.2. The molecular weight excluding hydrogens is 216 g/mol. The SMILES string of the molecule is CN(C(=O)c1cnsn1)[C@@H]1CNC[C@H]1O. The number of aliphatic hydroxyl groups excluding tert-OH is 1. The summed E-state index contributed by atoms with van der Waals surface area (Å²) in [5.74, 6) is -0.198. The lowest BCUT2D eigenvalue weighted by molar-refractivity contribution is 0.0577. The average Bonchev–Trinajstić information content (AvgIpc) is 2.85. The molecule has 0 aromatic carbocycles. The molecule has 1 aromatic rings. The molecule has 15 heavy (non-hydrogen) atoms. The number of carbonyl (C=O) groups is 1. The Hall–Kier alpha value is -1.05. The zero-order valence-electron chi connectivity index (χ0n) is 8.25. The third kappa shape index (κ3) is 1.99.